The third-order valence-electron chi connectivity index (χ3n) is 6.03. The van der Waals surface area contributed by atoms with Gasteiger partial charge in [0.1, 0.15) is 13.2 Å². The summed E-state index contributed by atoms with van der Waals surface area (Å²) in [4.78, 5) is 9.56. The van der Waals surface area contributed by atoms with Crippen molar-refractivity contribution >= 4 is 16.9 Å². The van der Waals surface area contributed by atoms with Gasteiger partial charge in [0.25, 0.3) is 0 Å². The maximum absolute atomic E-state index is 5.90. The van der Waals surface area contributed by atoms with Crippen molar-refractivity contribution in [2.24, 2.45) is 5.92 Å². The molecule has 5 rings (SSSR count). The first kappa shape index (κ1) is 18.2. The van der Waals surface area contributed by atoms with Gasteiger partial charge in [0.05, 0.1) is 11.2 Å². The van der Waals surface area contributed by atoms with Gasteiger partial charge < -0.3 is 14.8 Å². The maximum atomic E-state index is 5.90. The van der Waals surface area contributed by atoms with Crippen LogP contribution in [-0.4, -0.2) is 29.2 Å². The highest BCUT2D eigenvalue weighted by Crippen LogP contribution is 2.40. The summed E-state index contributed by atoms with van der Waals surface area (Å²) < 4.78 is 11.6. The van der Waals surface area contributed by atoms with Crippen molar-refractivity contribution in [1.29, 1.82) is 0 Å². The SMILES string of the molecule is Cc1nc(N[C@@H]2CCC[C@@H](C)C2)nc2ccc(-c3cccc4c3OCCO4)cc12. The summed E-state index contributed by atoms with van der Waals surface area (Å²) in [7, 11) is 0. The average Bonchev–Trinajstić information content (AvgIpc) is 2.73. The van der Waals surface area contributed by atoms with Crippen LogP contribution in [-0.2, 0) is 0 Å². The van der Waals surface area contributed by atoms with Gasteiger partial charge in [-0.15, -0.1) is 0 Å². The lowest BCUT2D eigenvalue weighted by atomic mass is 9.87. The van der Waals surface area contributed by atoms with Crippen molar-refractivity contribution < 1.29 is 9.47 Å². The van der Waals surface area contributed by atoms with Crippen LogP contribution in [0.2, 0.25) is 0 Å². The highest BCUT2D eigenvalue weighted by atomic mass is 16.6. The average molecular weight is 389 g/mol. The molecule has 1 N–H and O–H groups in total. The van der Waals surface area contributed by atoms with Gasteiger partial charge in [0.2, 0.25) is 5.95 Å². The molecule has 2 aromatic carbocycles. The Morgan fingerprint density at radius 2 is 1.93 bits per heavy atom. The standard InChI is InChI=1S/C24H27N3O2/c1-15-5-3-6-18(13-15)26-24-25-16(2)20-14-17(9-10-21(20)27-24)19-7-4-8-22-23(19)29-12-11-28-22/h4,7-10,14-15,18H,3,5-6,11-13H2,1-2H3,(H,25,26,27)/t15-,18-/m1/s1. The fourth-order valence-electron chi connectivity index (χ4n) is 4.56. The Hall–Kier alpha value is -2.82. The second kappa shape index (κ2) is 7.54. The van der Waals surface area contributed by atoms with E-state index in [4.69, 9.17) is 19.4 Å². The first-order chi connectivity index (χ1) is 14.2. The quantitative estimate of drug-likeness (QED) is 0.653. The number of aryl methyl sites for hydroxylation is 1. The molecule has 1 saturated carbocycles. The third-order valence-corrected chi connectivity index (χ3v) is 6.03. The van der Waals surface area contributed by atoms with Gasteiger partial charge in [-0.3, -0.25) is 0 Å². The minimum Gasteiger partial charge on any atom is -0.486 e. The van der Waals surface area contributed by atoms with Gasteiger partial charge in [0.15, 0.2) is 11.5 Å². The topological polar surface area (TPSA) is 56.3 Å². The molecular weight excluding hydrogens is 362 g/mol. The summed E-state index contributed by atoms with van der Waals surface area (Å²) in [6, 6.07) is 12.9. The molecule has 0 unspecified atom stereocenters. The molecule has 0 radical (unpaired) electrons. The summed E-state index contributed by atoms with van der Waals surface area (Å²) in [6.45, 7) is 5.56. The molecule has 2 heterocycles. The lowest BCUT2D eigenvalue weighted by Crippen LogP contribution is -2.27. The molecule has 2 atom stereocenters. The summed E-state index contributed by atoms with van der Waals surface area (Å²) in [5.74, 6) is 3.15. The predicted octanol–water partition coefficient (Wildman–Crippen LogP) is 5.37. The van der Waals surface area contributed by atoms with Gasteiger partial charge >= 0.3 is 0 Å². The van der Waals surface area contributed by atoms with Crippen molar-refractivity contribution in [1.82, 2.24) is 9.97 Å². The molecule has 1 aliphatic heterocycles. The van der Waals surface area contributed by atoms with Crippen LogP contribution in [0, 0.1) is 12.8 Å². The van der Waals surface area contributed by atoms with Crippen molar-refractivity contribution in [3.63, 3.8) is 0 Å². The molecule has 150 valence electrons. The zero-order valence-electron chi connectivity index (χ0n) is 17.1. The number of rotatable bonds is 3. The Kier molecular flexibility index (Phi) is 4.74. The largest absolute Gasteiger partial charge is 0.486 e. The first-order valence-corrected chi connectivity index (χ1v) is 10.6. The Morgan fingerprint density at radius 3 is 2.83 bits per heavy atom. The Morgan fingerprint density at radius 1 is 1.03 bits per heavy atom. The normalized spacial score (nSPS) is 21.2. The molecular formula is C24H27N3O2. The first-order valence-electron chi connectivity index (χ1n) is 10.6. The molecule has 0 bridgehead atoms. The number of hydrogen-bond acceptors (Lipinski definition) is 5. The minimum atomic E-state index is 0.475. The zero-order chi connectivity index (χ0) is 19.8. The van der Waals surface area contributed by atoms with Crippen LogP contribution >= 0.6 is 0 Å². The lowest BCUT2D eigenvalue weighted by Gasteiger charge is -2.27. The van der Waals surface area contributed by atoms with E-state index in [-0.39, 0.29) is 0 Å². The number of para-hydroxylation sites is 1. The third kappa shape index (κ3) is 3.61. The molecule has 0 amide bonds. The van der Waals surface area contributed by atoms with E-state index < -0.39 is 0 Å². The van der Waals surface area contributed by atoms with E-state index in [0.717, 1.165) is 51.1 Å². The zero-order valence-corrected chi connectivity index (χ0v) is 17.1. The van der Waals surface area contributed by atoms with Crippen LogP contribution < -0.4 is 14.8 Å². The van der Waals surface area contributed by atoms with E-state index in [0.29, 0.717) is 19.3 Å². The number of nitrogens with zero attached hydrogens (tertiary/aromatic N) is 2. The molecule has 0 saturated heterocycles. The van der Waals surface area contributed by atoms with Gasteiger partial charge in [0, 0.05) is 17.0 Å². The van der Waals surface area contributed by atoms with Gasteiger partial charge in [-0.1, -0.05) is 38.0 Å². The molecule has 0 spiro atoms. The molecule has 1 aromatic heterocycles. The van der Waals surface area contributed by atoms with E-state index in [1.165, 1.54) is 25.7 Å². The van der Waals surface area contributed by atoms with Crippen LogP contribution in [0.1, 0.15) is 38.3 Å². The van der Waals surface area contributed by atoms with Crippen molar-refractivity contribution in [2.75, 3.05) is 18.5 Å². The molecule has 5 heteroatoms. The Balaban J connectivity index is 1.48. The molecule has 3 aromatic rings. The number of nitrogens with one attached hydrogen (secondary N) is 1. The van der Waals surface area contributed by atoms with E-state index in [9.17, 15) is 0 Å². The van der Waals surface area contributed by atoms with Crippen molar-refractivity contribution in [3.8, 4) is 22.6 Å². The minimum absolute atomic E-state index is 0.475. The monoisotopic (exact) mass is 389 g/mol. The number of benzene rings is 2. The Bertz CT molecular complexity index is 1050. The Labute approximate surface area is 171 Å². The number of hydrogen-bond donors (Lipinski definition) is 1. The second-order valence-electron chi connectivity index (χ2n) is 8.31. The van der Waals surface area contributed by atoms with Crippen molar-refractivity contribution in [2.45, 2.75) is 45.6 Å². The molecule has 1 fully saturated rings. The van der Waals surface area contributed by atoms with Crippen LogP contribution in [0.25, 0.3) is 22.0 Å². The molecule has 1 aliphatic carbocycles. The summed E-state index contributed by atoms with van der Waals surface area (Å²) in [6.07, 6.45) is 5.00. The second-order valence-corrected chi connectivity index (χ2v) is 8.31. The number of ether oxygens (including phenoxy) is 2. The summed E-state index contributed by atoms with van der Waals surface area (Å²) in [5.41, 5.74) is 4.09. The van der Waals surface area contributed by atoms with Crippen LogP contribution in [0.3, 0.4) is 0 Å². The summed E-state index contributed by atoms with van der Waals surface area (Å²) in [5, 5.41) is 4.64. The van der Waals surface area contributed by atoms with E-state index >= 15 is 0 Å². The van der Waals surface area contributed by atoms with Gasteiger partial charge in [-0.05, 0) is 49.4 Å². The smallest absolute Gasteiger partial charge is 0.223 e. The molecule has 5 nitrogen and oxygen atoms in total. The fourth-order valence-corrected chi connectivity index (χ4v) is 4.56. The van der Waals surface area contributed by atoms with Crippen LogP contribution in [0.15, 0.2) is 36.4 Å². The summed E-state index contributed by atoms with van der Waals surface area (Å²) >= 11 is 0. The van der Waals surface area contributed by atoms with Gasteiger partial charge in [-0.25, -0.2) is 9.97 Å². The number of anilines is 1. The number of fused-ring (bicyclic) bond motifs is 2. The van der Waals surface area contributed by atoms with E-state index in [1.54, 1.807) is 0 Å². The van der Waals surface area contributed by atoms with E-state index in [2.05, 4.69) is 43.4 Å². The van der Waals surface area contributed by atoms with E-state index in [1.807, 2.05) is 12.1 Å². The number of aromatic nitrogens is 2. The predicted molar refractivity (Wildman–Crippen MR) is 116 cm³/mol. The van der Waals surface area contributed by atoms with Gasteiger partial charge in [-0.2, -0.15) is 0 Å². The fraction of sp³-hybridized carbons (Fsp3) is 0.417. The highest BCUT2D eigenvalue weighted by molar-refractivity contribution is 5.88. The molecule has 29 heavy (non-hydrogen) atoms. The van der Waals surface area contributed by atoms with Crippen LogP contribution in [0.4, 0.5) is 5.95 Å². The highest BCUT2D eigenvalue weighted by Gasteiger charge is 2.20. The van der Waals surface area contributed by atoms with Crippen LogP contribution in [0.5, 0.6) is 11.5 Å². The van der Waals surface area contributed by atoms with Crippen molar-refractivity contribution in [3.05, 3.63) is 42.1 Å². The lowest BCUT2D eigenvalue weighted by molar-refractivity contribution is 0.172. The maximum Gasteiger partial charge on any atom is 0.223 e. The molecule has 2 aliphatic rings.